The average molecular weight is 264 g/mol. The van der Waals surface area contributed by atoms with Crippen molar-refractivity contribution in [3.05, 3.63) is 30.6 Å². The molecule has 0 aliphatic heterocycles. The third kappa shape index (κ3) is 1.62. The van der Waals surface area contributed by atoms with Gasteiger partial charge in [-0.1, -0.05) is 0 Å². The van der Waals surface area contributed by atoms with Crippen molar-refractivity contribution in [2.75, 3.05) is 24.6 Å². The van der Waals surface area contributed by atoms with Crippen LogP contribution >= 0.6 is 6.75 Å². The Hall–Kier alpha value is -0.880. The van der Waals surface area contributed by atoms with Crippen LogP contribution in [0.1, 0.15) is 27.7 Å². The molecule has 0 saturated carbocycles. The van der Waals surface area contributed by atoms with Crippen molar-refractivity contribution in [1.29, 1.82) is 0 Å². The van der Waals surface area contributed by atoms with Gasteiger partial charge in [-0.3, -0.25) is 0 Å². The van der Waals surface area contributed by atoms with Crippen molar-refractivity contribution in [3.63, 3.8) is 0 Å². The van der Waals surface area contributed by atoms with E-state index in [0.29, 0.717) is 0 Å². The predicted octanol–water partition coefficient (Wildman–Crippen LogP) is 4.43. The summed E-state index contributed by atoms with van der Waals surface area (Å²) in [4.78, 5) is 4.62. The van der Waals surface area contributed by atoms with Crippen LogP contribution in [-0.2, 0) is 0 Å². The van der Waals surface area contributed by atoms with Crippen LogP contribution < -0.4 is 0 Å². The molecular weight excluding hydrogens is 239 g/mol. The van der Waals surface area contributed by atoms with E-state index in [1.54, 1.807) is 0 Å². The van der Waals surface area contributed by atoms with Gasteiger partial charge in [-0.2, -0.15) is 0 Å². The van der Waals surface area contributed by atoms with Crippen LogP contribution in [0.2, 0.25) is 0 Å². The van der Waals surface area contributed by atoms with Crippen molar-refractivity contribution in [1.82, 2.24) is 9.32 Å². The minimum absolute atomic E-state index is 1.13. The monoisotopic (exact) mass is 264 g/mol. The van der Waals surface area contributed by atoms with E-state index in [9.17, 15) is 0 Å². The van der Waals surface area contributed by atoms with Gasteiger partial charge in [-0.25, -0.2) is 0 Å². The predicted molar refractivity (Wildman–Crippen MR) is 84.2 cm³/mol. The second-order valence-corrected chi connectivity index (χ2v) is 12.0. The third-order valence-electron chi connectivity index (χ3n) is 5.29. The Morgan fingerprint density at radius 3 is 2.06 bits per heavy atom. The summed E-state index contributed by atoms with van der Waals surface area (Å²) >= 11 is 0. The molecule has 18 heavy (non-hydrogen) atoms. The number of hydrogen-bond donors (Lipinski definition) is 0. The summed E-state index contributed by atoms with van der Waals surface area (Å²) < 4.78 is 2.57. The SMILES string of the molecule is CCP(CC)(CC)(CC)n1cnc2ccccc21. The molecule has 0 unspecified atom stereocenters. The first-order valence-electron chi connectivity index (χ1n) is 7.08. The topological polar surface area (TPSA) is 17.8 Å². The van der Waals surface area contributed by atoms with Crippen molar-refractivity contribution >= 4 is 17.8 Å². The molecule has 0 amide bonds. The van der Waals surface area contributed by atoms with Crippen LogP contribution in [0.4, 0.5) is 0 Å². The first kappa shape index (κ1) is 13.5. The van der Waals surface area contributed by atoms with Crippen molar-refractivity contribution in [2.45, 2.75) is 27.7 Å². The van der Waals surface area contributed by atoms with Gasteiger partial charge in [0.1, 0.15) is 0 Å². The van der Waals surface area contributed by atoms with E-state index >= 15 is 0 Å². The fourth-order valence-corrected chi connectivity index (χ4v) is 8.37. The zero-order chi connectivity index (χ0) is 13.3. The number of aromatic nitrogens is 2. The molecule has 0 saturated heterocycles. The van der Waals surface area contributed by atoms with E-state index in [0.717, 1.165) is 5.52 Å². The number of imidazole rings is 1. The van der Waals surface area contributed by atoms with Gasteiger partial charge >= 0.3 is 110 Å². The molecule has 2 rings (SSSR count). The summed E-state index contributed by atoms with van der Waals surface area (Å²) in [6, 6.07) is 8.54. The summed E-state index contributed by atoms with van der Waals surface area (Å²) in [6.45, 7) is 7.60. The van der Waals surface area contributed by atoms with Crippen LogP contribution in [0.5, 0.6) is 0 Å². The first-order chi connectivity index (χ1) is 8.65. The molecule has 0 bridgehead atoms. The molecule has 0 aliphatic carbocycles. The van der Waals surface area contributed by atoms with Gasteiger partial charge in [0.25, 0.3) is 0 Å². The average Bonchev–Trinajstić information content (AvgIpc) is 2.88. The standard InChI is InChI=1S/C15H25N2P/c1-5-18(6-2,7-3,8-4)17-13-16-14-11-9-10-12-15(14)17/h9-13H,5-8H2,1-4H3. The summed E-state index contributed by atoms with van der Waals surface area (Å²) in [7, 11) is 0. The van der Waals surface area contributed by atoms with Gasteiger partial charge in [0.2, 0.25) is 0 Å². The number of rotatable bonds is 5. The van der Waals surface area contributed by atoms with Crippen LogP contribution in [0, 0.1) is 0 Å². The summed E-state index contributed by atoms with van der Waals surface area (Å²) in [5.41, 5.74) is 2.46. The van der Waals surface area contributed by atoms with Gasteiger partial charge in [0.05, 0.1) is 0 Å². The van der Waals surface area contributed by atoms with Gasteiger partial charge in [-0.05, 0) is 0 Å². The molecule has 0 aliphatic rings. The van der Waals surface area contributed by atoms with E-state index in [2.05, 4.69) is 67.6 Å². The maximum atomic E-state index is 4.62. The van der Waals surface area contributed by atoms with E-state index < -0.39 is 6.75 Å². The number of fused-ring (bicyclic) bond motifs is 1. The molecule has 3 heteroatoms. The van der Waals surface area contributed by atoms with Gasteiger partial charge in [-0.15, -0.1) is 0 Å². The number of hydrogen-bond acceptors (Lipinski definition) is 1. The first-order valence-corrected chi connectivity index (χ1v) is 10.0. The molecule has 0 N–H and O–H groups in total. The Labute approximate surface area is 110 Å². The zero-order valence-electron chi connectivity index (χ0n) is 12.1. The summed E-state index contributed by atoms with van der Waals surface area (Å²) in [6.07, 6.45) is 7.19. The minimum atomic E-state index is -1.86. The molecule has 0 radical (unpaired) electrons. The quantitative estimate of drug-likeness (QED) is 0.730. The maximum absolute atomic E-state index is 4.62. The van der Waals surface area contributed by atoms with Gasteiger partial charge in [0, 0.05) is 0 Å². The number of para-hydroxylation sites is 2. The Balaban J connectivity index is 2.77. The molecule has 0 spiro atoms. The van der Waals surface area contributed by atoms with E-state index in [1.807, 2.05) is 0 Å². The molecule has 2 aromatic rings. The molecule has 1 heterocycles. The Morgan fingerprint density at radius 1 is 0.944 bits per heavy atom. The van der Waals surface area contributed by atoms with Crippen molar-refractivity contribution in [2.24, 2.45) is 0 Å². The third-order valence-corrected chi connectivity index (χ3v) is 13.3. The second kappa shape index (κ2) is 4.66. The van der Waals surface area contributed by atoms with Crippen molar-refractivity contribution in [3.8, 4) is 0 Å². The molecular formula is C15H25N2P. The molecule has 1 aromatic heterocycles. The van der Waals surface area contributed by atoms with E-state index in [-0.39, 0.29) is 0 Å². The summed E-state index contributed by atoms with van der Waals surface area (Å²) in [5, 5.41) is 0. The van der Waals surface area contributed by atoms with Crippen LogP contribution in [0.25, 0.3) is 11.0 Å². The van der Waals surface area contributed by atoms with Crippen molar-refractivity contribution < 1.29 is 0 Å². The Kier molecular flexibility index (Phi) is 3.51. The Morgan fingerprint density at radius 2 is 1.50 bits per heavy atom. The summed E-state index contributed by atoms with van der Waals surface area (Å²) in [5.74, 6) is 0. The zero-order valence-corrected chi connectivity index (χ0v) is 13.0. The number of nitrogens with zero attached hydrogens (tertiary/aromatic N) is 2. The number of benzene rings is 1. The van der Waals surface area contributed by atoms with Crippen LogP contribution in [-0.4, -0.2) is 34.0 Å². The fourth-order valence-electron chi connectivity index (χ4n) is 3.35. The van der Waals surface area contributed by atoms with E-state index in [4.69, 9.17) is 0 Å². The molecule has 2 nitrogen and oxygen atoms in total. The molecule has 0 fully saturated rings. The normalized spacial score (nSPS) is 14.6. The van der Waals surface area contributed by atoms with E-state index in [1.165, 1.54) is 30.2 Å². The fraction of sp³-hybridized carbons (Fsp3) is 0.533. The molecule has 100 valence electrons. The molecule has 0 atom stereocenters. The Bertz CT molecular complexity index is 517. The van der Waals surface area contributed by atoms with Gasteiger partial charge < -0.3 is 0 Å². The van der Waals surface area contributed by atoms with Gasteiger partial charge in [0.15, 0.2) is 0 Å². The van der Waals surface area contributed by atoms with Crippen LogP contribution in [0.15, 0.2) is 30.6 Å². The van der Waals surface area contributed by atoms with Crippen LogP contribution in [0.3, 0.4) is 0 Å². The molecule has 1 aromatic carbocycles. The second-order valence-electron chi connectivity index (χ2n) is 5.25.